The Balaban J connectivity index is 1.81. The van der Waals surface area contributed by atoms with E-state index in [1.165, 1.54) is 11.1 Å². The zero-order valence-corrected chi connectivity index (χ0v) is 10.3. The lowest BCUT2D eigenvalue weighted by Gasteiger charge is -2.38. The average Bonchev–Trinajstić information content (AvgIpc) is 2.66. The summed E-state index contributed by atoms with van der Waals surface area (Å²) in [6.07, 6.45) is 2.29. The van der Waals surface area contributed by atoms with Crippen molar-refractivity contribution >= 4 is 11.0 Å². The number of para-hydroxylation sites is 1. The topological polar surface area (TPSA) is 30.3 Å². The van der Waals surface area contributed by atoms with Crippen LogP contribution in [0.1, 0.15) is 5.56 Å². The van der Waals surface area contributed by atoms with Crippen LogP contribution in [0.5, 0.6) is 0 Å². The Morgan fingerprint density at radius 2 is 2.24 bits per heavy atom. The molecule has 0 aliphatic carbocycles. The first kappa shape index (κ1) is 10.7. The van der Waals surface area contributed by atoms with Gasteiger partial charge in [0.1, 0.15) is 0 Å². The number of ether oxygens (including phenoxy) is 1. The Morgan fingerprint density at radius 1 is 1.41 bits per heavy atom. The van der Waals surface area contributed by atoms with Crippen molar-refractivity contribution in [2.45, 2.75) is 12.6 Å². The van der Waals surface area contributed by atoms with Crippen LogP contribution in [-0.4, -0.2) is 40.8 Å². The summed E-state index contributed by atoms with van der Waals surface area (Å²) in [5.74, 6) is 0. The van der Waals surface area contributed by atoms with E-state index in [0.717, 1.165) is 25.2 Å². The fourth-order valence-electron chi connectivity index (χ4n) is 2.39. The molecule has 17 heavy (non-hydrogen) atoms. The van der Waals surface area contributed by atoms with E-state index in [2.05, 4.69) is 32.7 Å². The van der Waals surface area contributed by atoms with Gasteiger partial charge in [-0.3, -0.25) is 4.90 Å². The highest BCUT2D eigenvalue weighted by Crippen LogP contribution is 2.21. The first-order valence-electron chi connectivity index (χ1n) is 5.92. The molecule has 1 saturated heterocycles. The number of aryl methyl sites for hydroxylation is 1. The maximum Gasteiger partial charge on any atom is 0.0955 e. The van der Waals surface area contributed by atoms with Gasteiger partial charge in [0, 0.05) is 33.8 Å². The third kappa shape index (κ3) is 1.83. The van der Waals surface area contributed by atoms with E-state index >= 15 is 0 Å². The lowest BCUT2D eigenvalue weighted by atomic mass is 10.1. The van der Waals surface area contributed by atoms with E-state index in [0.29, 0.717) is 6.10 Å². The van der Waals surface area contributed by atoms with Crippen LogP contribution in [0.15, 0.2) is 24.5 Å². The van der Waals surface area contributed by atoms with Crippen LogP contribution in [-0.2, 0) is 18.3 Å². The Labute approximate surface area is 101 Å². The van der Waals surface area contributed by atoms with Gasteiger partial charge < -0.3 is 9.30 Å². The molecule has 0 bridgehead atoms. The fourth-order valence-corrected chi connectivity index (χ4v) is 2.39. The lowest BCUT2D eigenvalue weighted by Crippen LogP contribution is -2.50. The van der Waals surface area contributed by atoms with Crippen LogP contribution < -0.4 is 0 Å². The molecule has 0 N–H and O–H groups in total. The summed E-state index contributed by atoms with van der Waals surface area (Å²) >= 11 is 0. The van der Waals surface area contributed by atoms with E-state index in [9.17, 15) is 0 Å². The zero-order valence-electron chi connectivity index (χ0n) is 10.3. The molecule has 1 aromatic heterocycles. The predicted molar refractivity (Wildman–Crippen MR) is 66.8 cm³/mol. The number of hydrogen-bond donors (Lipinski definition) is 0. The molecule has 1 fully saturated rings. The van der Waals surface area contributed by atoms with Gasteiger partial charge in [0.2, 0.25) is 0 Å². The van der Waals surface area contributed by atoms with Gasteiger partial charge in [-0.15, -0.1) is 0 Å². The lowest BCUT2D eigenvalue weighted by molar-refractivity contribution is -0.0332. The van der Waals surface area contributed by atoms with Crippen molar-refractivity contribution in [3.8, 4) is 0 Å². The summed E-state index contributed by atoms with van der Waals surface area (Å²) in [5, 5.41) is 0. The predicted octanol–water partition coefficient (Wildman–Crippen LogP) is 1.40. The van der Waals surface area contributed by atoms with Crippen LogP contribution in [0.4, 0.5) is 0 Å². The number of aromatic nitrogens is 2. The Hall–Kier alpha value is -1.39. The highest BCUT2D eigenvalue weighted by molar-refractivity contribution is 5.78. The number of benzene rings is 1. The molecule has 1 aromatic carbocycles. The minimum atomic E-state index is 0.415. The second kappa shape index (κ2) is 4.13. The minimum Gasteiger partial charge on any atom is -0.379 e. The van der Waals surface area contributed by atoms with Crippen LogP contribution in [0.3, 0.4) is 0 Å². The number of likely N-dealkylation sites (tertiary alicyclic amines) is 1. The second-order valence-corrected chi connectivity index (χ2v) is 4.69. The number of hydrogen-bond acceptors (Lipinski definition) is 3. The Morgan fingerprint density at radius 3 is 3.00 bits per heavy atom. The normalized spacial score (nSPS) is 17.5. The molecule has 0 spiro atoms. The molecule has 2 heterocycles. The number of methoxy groups -OCH3 is 1. The van der Waals surface area contributed by atoms with Crippen molar-refractivity contribution in [2.24, 2.45) is 7.05 Å². The van der Waals surface area contributed by atoms with Gasteiger partial charge in [0.05, 0.1) is 23.5 Å². The molecule has 0 unspecified atom stereocenters. The number of rotatable bonds is 3. The molecular formula is C13H17N3O. The van der Waals surface area contributed by atoms with Gasteiger partial charge in [-0.05, 0) is 11.6 Å². The van der Waals surface area contributed by atoms with Gasteiger partial charge in [-0.25, -0.2) is 4.98 Å². The maximum atomic E-state index is 5.28. The summed E-state index contributed by atoms with van der Waals surface area (Å²) < 4.78 is 7.35. The quantitative estimate of drug-likeness (QED) is 0.800. The van der Waals surface area contributed by atoms with Gasteiger partial charge >= 0.3 is 0 Å². The molecule has 4 nitrogen and oxygen atoms in total. The molecule has 2 aromatic rings. The van der Waals surface area contributed by atoms with Crippen molar-refractivity contribution in [3.63, 3.8) is 0 Å². The highest BCUT2D eigenvalue weighted by Gasteiger charge is 2.26. The van der Waals surface area contributed by atoms with Crippen LogP contribution in [0.25, 0.3) is 11.0 Å². The van der Waals surface area contributed by atoms with Crippen LogP contribution in [0, 0.1) is 0 Å². The molecule has 0 radical (unpaired) electrons. The average molecular weight is 231 g/mol. The van der Waals surface area contributed by atoms with Gasteiger partial charge in [-0.2, -0.15) is 0 Å². The Kier molecular flexibility index (Phi) is 2.61. The largest absolute Gasteiger partial charge is 0.379 e. The summed E-state index contributed by atoms with van der Waals surface area (Å²) in [5.41, 5.74) is 3.62. The van der Waals surface area contributed by atoms with Crippen molar-refractivity contribution in [3.05, 3.63) is 30.1 Å². The first-order valence-corrected chi connectivity index (χ1v) is 5.92. The molecule has 0 amide bonds. The van der Waals surface area contributed by atoms with Crippen LogP contribution in [0.2, 0.25) is 0 Å². The molecule has 0 atom stereocenters. The van der Waals surface area contributed by atoms with Gasteiger partial charge in [-0.1, -0.05) is 12.1 Å². The SMILES string of the molecule is COC1CN(Cc2cccc3c2ncn3C)C1. The van der Waals surface area contributed by atoms with Gasteiger partial charge in [0.25, 0.3) is 0 Å². The summed E-state index contributed by atoms with van der Waals surface area (Å²) in [6, 6.07) is 6.38. The molecular weight excluding hydrogens is 214 g/mol. The molecule has 3 rings (SSSR count). The molecule has 1 aliphatic rings. The summed E-state index contributed by atoms with van der Waals surface area (Å²) in [7, 11) is 3.81. The van der Waals surface area contributed by atoms with Crippen molar-refractivity contribution < 1.29 is 4.74 Å². The standard InChI is InChI=1S/C13H17N3O/c1-15-9-14-13-10(4-3-5-12(13)15)6-16-7-11(8-16)17-2/h3-5,9,11H,6-8H2,1-2H3. The number of imidazole rings is 1. The first-order chi connectivity index (χ1) is 8.28. The minimum absolute atomic E-state index is 0.415. The summed E-state index contributed by atoms with van der Waals surface area (Å²) in [6.45, 7) is 3.02. The van der Waals surface area contributed by atoms with Crippen molar-refractivity contribution in [2.75, 3.05) is 20.2 Å². The molecule has 1 aliphatic heterocycles. The van der Waals surface area contributed by atoms with E-state index < -0.39 is 0 Å². The zero-order chi connectivity index (χ0) is 11.8. The van der Waals surface area contributed by atoms with Crippen molar-refractivity contribution in [1.29, 1.82) is 0 Å². The van der Waals surface area contributed by atoms with E-state index in [-0.39, 0.29) is 0 Å². The molecule has 0 saturated carbocycles. The third-order valence-corrected chi connectivity index (χ3v) is 3.49. The van der Waals surface area contributed by atoms with Crippen molar-refractivity contribution in [1.82, 2.24) is 14.5 Å². The van der Waals surface area contributed by atoms with E-state index in [4.69, 9.17) is 4.74 Å². The third-order valence-electron chi connectivity index (χ3n) is 3.49. The second-order valence-electron chi connectivity index (χ2n) is 4.69. The molecule has 4 heteroatoms. The fraction of sp³-hybridized carbons (Fsp3) is 0.462. The van der Waals surface area contributed by atoms with Crippen LogP contribution >= 0.6 is 0 Å². The van der Waals surface area contributed by atoms with Gasteiger partial charge in [0.15, 0.2) is 0 Å². The maximum absolute atomic E-state index is 5.28. The monoisotopic (exact) mass is 231 g/mol. The highest BCUT2D eigenvalue weighted by atomic mass is 16.5. The smallest absolute Gasteiger partial charge is 0.0955 e. The summed E-state index contributed by atoms with van der Waals surface area (Å²) in [4.78, 5) is 6.86. The number of nitrogens with zero attached hydrogens (tertiary/aromatic N) is 3. The molecule has 90 valence electrons. The van der Waals surface area contributed by atoms with E-state index in [1.54, 1.807) is 7.11 Å². The van der Waals surface area contributed by atoms with E-state index in [1.807, 2.05) is 13.4 Å². The number of fused-ring (bicyclic) bond motifs is 1. The Bertz CT molecular complexity index is 528.